The third-order valence-electron chi connectivity index (χ3n) is 0.841. The minimum Gasteiger partial charge on any atom is -0.320 e. The van der Waals surface area contributed by atoms with Crippen LogP contribution in [0.25, 0.3) is 0 Å². The zero-order valence-corrected chi connectivity index (χ0v) is 6.64. The van der Waals surface area contributed by atoms with E-state index < -0.39 is 0 Å². The van der Waals surface area contributed by atoms with E-state index in [0.29, 0.717) is 0 Å². The predicted molar refractivity (Wildman–Crippen MR) is 38.5 cm³/mol. The molecule has 0 atom stereocenters. The zero-order chi connectivity index (χ0) is 5.98. The van der Waals surface area contributed by atoms with Crippen LogP contribution < -0.4 is 0 Å². The fourth-order valence-corrected chi connectivity index (χ4v) is 0.852. The molecule has 0 bridgehead atoms. The highest BCUT2D eigenvalue weighted by Crippen LogP contribution is 1.95. The van der Waals surface area contributed by atoms with Crippen LogP contribution in [0, 0.1) is 3.83 Å². The summed E-state index contributed by atoms with van der Waals surface area (Å²) in [6.07, 6.45) is 0.927. The second-order valence-electron chi connectivity index (χ2n) is 1.42. The molecule has 0 spiro atoms. The predicted octanol–water partition coefficient (Wildman–Crippen LogP) is 0.972. The van der Waals surface area contributed by atoms with Crippen molar-refractivity contribution in [3.63, 3.8) is 0 Å². The fraction of sp³-hybridized carbons (Fsp3) is 0.500. The molecule has 0 fully saturated rings. The first-order valence-electron chi connectivity index (χ1n) is 2.40. The van der Waals surface area contributed by atoms with Gasteiger partial charge >= 0.3 is 0 Å². The summed E-state index contributed by atoms with van der Waals surface area (Å²) in [5.74, 6) is 0.953. The Hall–Kier alpha value is -0.130. The van der Waals surface area contributed by atoms with Gasteiger partial charge in [-0.2, -0.15) is 0 Å². The van der Waals surface area contributed by atoms with E-state index in [-0.39, 0.29) is 0 Å². The number of nitrogens with zero attached hydrogens (tertiary/aromatic N) is 2. The molecule has 0 aliphatic heterocycles. The van der Waals surface area contributed by atoms with Gasteiger partial charge in [0.25, 0.3) is 0 Å². The van der Waals surface area contributed by atoms with Gasteiger partial charge in [0.1, 0.15) is 5.82 Å². The summed E-state index contributed by atoms with van der Waals surface area (Å²) in [6.45, 7) is 2.04. The molecule has 0 saturated carbocycles. The molecule has 8 heavy (non-hydrogen) atoms. The molecule has 0 radical (unpaired) electrons. The molecule has 0 aliphatic rings. The Morgan fingerprint density at radius 1 is 1.62 bits per heavy atom. The molecule has 0 unspecified atom stereocenters. The summed E-state index contributed by atoms with van der Waals surface area (Å²) >= 11 is 2.09. The summed E-state index contributed by atoms with van der Waals surface area (Å²) in [5, 5.41) is 7.59. The molecule has 0 amide bonds. The van der Waals surface area contributed by atoms with Gasteiger partial charge in [0.15, 0.2) is 3.83 Å². The first-order chi connectivity index (χ1) is 3.83. The Kier molecular flexibility index (Phi) is 1.82. The monoisotopic (exact) mass is 223 g/mol. The normalized spacial score (nSPS) is 9.75. The molecule has 0 aliphatic carbocycles. The maximum absolute atomic E-state index is 3.82. The van der Waals surface area contributed by atoms with Gasteiger partial charge in [0.05, 0.1) is 0 Å². The lowest BCUT2D eigenvalue weighted by molar-refractivity contribution is 0.946. The number of hydrogen-bond acceptors (Lipinski definition) is 2. The summed E-state index contributed by atoms with van der Waals surface area (Å²) in [6, 6.07) is 0. The van der Waals surface area contributed by atoms with Crippen molar-refractivity contribution in [3.8, 4) is 0 Å². The lowest BCUT2D eigenvalue weighted by Crippen LogP contribution is -1.80. The molecule has 1 aromatic rings. The van der Waals surface area contributed by atoms with Crippen molar-refractivity contribution in [3.05, 3.63) is 9.66 Å². The number of nitrogens with one attached hydrogen (secondary N) is 1. The van der Waals surface area contributed by atoms with Crippen molar-refractivity contribution in [2.75, 3.05) is 0 Å². The van der Waals surface area contributed by atoms with Crippen LogP contribution in [0.2, 0.25) is 0 Å². The maximum Gasteiger partial charge on any atom is 0.191 e. The van der Waals surface area contributed by atoms with Crippen LogP contribution >= 0.6 is 22.6 Å². The van der Waals surface area contributed by atoms with E-state index in [1.165, 1.54) is 0 Å². The second-order valence-corrected chi connectivity index (χ2v) is 2.44. The smallest absolute Gasteiger partial charge is 0.191 e. The van der Waals surface area contributed by atoms with Crippen molar-refractivity contribution in [1.82, 2.24) is 15.2 Å². The Balaban J connectivity index is 2.84. The Labute approximate surface area is 61.0 Å². The molecule has 1 rings (SSSR count). The van der Waals surface area contributed by atoms with E-state index in [2.05, 4.69) is 37.8 Å². The first kappa shape index (κ1) is 6.00. The van der Waals surface area contributed by atoms with Crippen LogP contribution in [-0.2, 0) is 6.42 Å². The van der Waals surface area contributed by atoms with Crippen LogP contribution in [0.3, 0.4) is 0 Å². The van der Waals surface area contributed by atoms with E-state index in [1.54, 1.807) is 0 Å². The van der Waals surface area contributed by atoms with E-state index in [4.69, 9.17) is 0 Å². The van der Waals surface area contributed by atoms with Crippen LogP contribution in [0.4, 0.5) is 0 Å². The van der Waals surface area contributed by atoms with Gasteiger partial charge in [-0.25, -0.2) is 0 Å². The van der Waals surface area contributed by atoms with Gasteiger partial charge in [0, 0.05) is 29.0 Å². The van der Waals surface area contributed by atoms with Crippen molar-refractivity contribution < 1.29 is 0 Å². The molecular formula is C4H6IN3. The third kappa shape index (κ3) is 1.18. The van der Waals surface area contributed by atoms with E-state index >= 15 is 0 Å². The number of H-pyrrole nitrogens is 1. The summed E-state index contributed by atoms with van der Waals surface area (Å²) < 4.78 is 0.861. The van der Waals surface area contributed by atoms with Gasteiger partial charge in [0.2, 0.25) is 0 Å². The highest BCUT2D eigenvalue weighted by atomic mass is 127. The average molecular weight is 223 g/mol. The molecule has 0 aromatic carbocycles. The first-order valence-corrected chi connectivity index (χ1v) is 3.48. The van der Waals surface area contributed by atoms with E-state index in [0.717, 1.165) is 16.1 Å². The molecule has 1 aromatic heterocycles. The van der Waals surface area contributed by atoms with Crippen molar-refractivity contribution in [2.24, 2.45) is 0 Å². The number of rotatable bonds is 1. The van der Waals surface area contributed by atoms with Gasteiger partial charge in [-0.15, -0.1) is 10.2 Å². The Morgan fingerprint density at radius 2 is 2.38 bits per heavy atom. The fourth-order valence-electron chi connectivity index (χ4n) is 0.432. The molecule has 1 N–H and O–H groups in total. The number of aromatic nitrogens is 3. The summed E-state index contributed by atoms with van der Waals surface area (Å²) in [4.78, 5) is 2.99. The van der Waals surface area contributed by atoms with E-state index in [1.807, 2.05) is 6.92 Å². The van der Waals surface area contributed by atoms with Gasteiger partial charge in [-0.3, -0.25) is 0 Å². The molecule has 0 saturated heterocycles. The number of halogens is 1. The summed E-state index contributed by atoms with van der Waals surface area (Å²) in [5.41, 5.74) is 0. The zero-order valence-electron chi connectivity index (χ0n) is 4.48. The van der Waals surface area contributed by atoms with Gasteiger partial charge in [-0.05, 0) is 0 Å². The Bertz CT molecular complexity index is 172. The molecular weight excluding hydrogens is 217 g/mol. The maximum atomic E-state index is 3.82. The van der Waals surface area contributed by atoms with Crippen molar-refractivity contribution in [1.29, 1.82) is 0 Å². The lowest BCUT2D eigenvalue weighted by atomic mass is 10.5. The number of hydrogen-bond donors (Lipinski definition) is 1. The largest absolute Gasteiger partial charge is 0.320 e. The number of aromatic amines is 1. The van der Waals surface area contributed by atoms with Gasteiger partial charge in [-0.1, -0.05) is 6.92 Å². The second kappa shape index (κ2) is 2.43. The average Bonchev–Trinajstić information content (AvgIpc) is 2.14. The van der Waals surface area contributed by atoms with E-state index in [9.17, 15) is 0 Å². The summed E-state index contributed by atoms with van der Waals surface area (Å²) in [7, 11) is 0. The van der Waals surface area contributed by atoms with Crippen LogP contribution in [-0.4, -0.2) is 15.2 Å². The third-order valence-corrected chi connectivity index (χ3v) is 1.33. The van der Waals surface area contributed by atoms with Crippen molar-refractivity contribution in [2.45, 2.75) is 13.3 Å². The minimum atomic E-state index is 0.861. The van der Waals surface area contributed by atoms with Crippen LogP contribution in [0.1, 0.15) is 12.7 Å². The van der Waals surface area contributed by atoms with Crippen LogP contribution in [0.5, 0.6) is 0 Å². The van der Waals surface area contributed by atoms with Crippen molar-refractivity contribution >= 4 is 22.6 Å². The quantitative estimate of drug-likeness (QED) is 0.720. The molecule has 4 heteroatoms. The SMILES string of the molecule is CCc1nnc(I)[nH]1. The lowest BCUT2D eigenvalue weighted by Gasteiger charge is -1.78. The minimum absolute atomic E-state index is 0.861. The standard InChI is InChI=1S/C4H6IN3/c1-2-3-6-4(5)8-7-3/h2H2,1H3,(H,6,7,8). The molecule has 44 valence electrons. The highest BCUT2D eigenvalue weighted by molar-refractivity contribution is 14.1. The Morgan fingerprint density at radius 3 is 2.62 bits per heavy atom. The highest BCUT2D eigenvalue weighted by Gasteiger charge is 1.92. The molecule has 1 heterocycles. The topological polar surface area (TPSA) is 41.6 Å². The molecule has 3 nitrogen and oxygen atoms in total. The number of aryl methyl sites for hydroxylation is 1. The van der Waals surface area contributed by atoms with Gasteiger partial charge < -0.3 is 4.98 Å². The van der Waals surface area contributed by atoms with Crippen LogP contribution in [0.15, 0.2) is 0 Å².